The highest BCUT2D eigenvalue weighted by molar-refractivity contribution is 5.11. The molecule has 14 heavy (non-hydrogen) atoms. The summed E-state index contributed by atoms with van der Waals surface area (Å²) in [7, 11) is 2.15. The van der Waals surface area contributed by atoms with Gasteiger partial charge in [-0.15, -0.1) is 0 Å². The van der Waals surface area contributed by atoms with E-state index in [-0.39, 0.29) is 0 Å². The molecule has 1 heterocycles. The molecule has 2 heteroatoms. The summed E-state index contributed by atoms with van der Waals surface area (Å²) in [6.07, 6.45) is 0. The first-order valence-electron chi connectivity index (χ1n) is 5.20. The highest BCUT2D eigenvalue weighted by Gasteiger charge is 2.01. The van der Waals surface area contributed by atoms with Crippen LogP contribution in [0.2, 0.25) is 0 Å². The molecule has 0 amide bonds. The van der Waals surface area contributed by atoms with Crippen LogP contribution in [0.15, 0.2) is 30.3 Å². The SMILES string of the molecule is CN1CCNCC1.Cc1ccccc1. The standard InChI is InChI=1S/C7H8.C5H12N2/c1-7-5-3-2-4-6-7;1-7-4-2-6-3-5-7/h2-6H,1H3;6H,2-5H2,1H3. The van der Waals surface area contributed by atoms with Crippen molar-refractivity contribution in [3.63, 3.8) is 0 Å². The van der Waals surface area contributed by atoms with Crippen LogP contribution in [0, 0.1) is 6.92 Å². The molecule has 78 valence electrons. The number of rotatable bonds is 0. The second kappa shape index (κ2) is 6.57. The normalized spacial score (nSPS) is 17.0. The summed E-state index contributed by atoms with van der Waals surface area (Å²) in [5.74, 6) is 0. The number of nitrogens with one attached hydrogen (secondary N) is 1. The Labute approximate surface area is 86.9 Å². The molecule has 1 aromatic rings. The third-order valence-corrected chi connectivity index (χ3v) is 2.28. The van der Waals surface area contributed by atoms with Gasteiger partial charge < -0.3 is 10.2 Å². The van der Waals surface area contributed by atoms with E-state index in [1.54, 1.807) is 0 Å². The molecule has 0 aliphatic carbocycles. The van der Waals surface area contributed by atoms with Crippen LogP contribution in [0.4, 0.5) is 0 Å². The fourth-order valence-corrected chi connectivity index (χ4v) is 1.31. The zero-order valence-corrected chi connectivity index (χ0v) is 9.16. The van der Waals surface area contributed by atoms with Crippen LogP contribution >= 0.6 is 0 Å². The lowest BCUT2D eigenvalue weighted by molar-refractivity contribution is 0.291. The van der Waals surface area contributed by atoms with Crippen LogP contribution in [0.1, 0.15) is 5.56 Å². The Balaban J connectivity index is 0.000000140. The number of hydrogen-bond donors (Lipinski definition) is 1. The highest BCUT2D eigenvalue weighted by atomic mass is 15.2. The molecule has 1 N–H and O–H groups in total. The van der Waals surface area contributed by atoms with Crippen LogP contribution in [0.25, 0.3) is 0 Å². The van der Waals surface area contributed by atoms with E-state index >= 15 is 0 Å². The van der Waals surface area contributed by atoms with Crippen molar-refractivity contribution in [3.8, 4) is 0 Å². The number of nitrogens with zero attached hydrogens (tertiary/aromatic N) is 1. The summed E-state index contributed by atoms with van der Waals surface area (Å²) >= 11 is 0. The summed E-state index contributed by atoms with van der Waals surface area (Å²) in [4.78, 5) is 2.33. The zero-order chi connectivity index (χ0) is 10.2. The maximum absolute atomic E-state index is 3.27. The van der Waals surface area contributed by atoms with Gasteiger partial charge in [0.15, 0.2) is 0 Å². The van der Waals surface area contributed by atoms with E-state index in [0.717, 1.165) is 13.1 Å². The Hall–Kier alpha value is -0.860. The second-order valence-corrected chi connectivity index (χ2v) is 3.71. The van der Waals surface area contributed by atoms with Crippen molar-refractivity contribution >= 4 is 0 Å². The minimum atomic E-state index is 1.16. The molecule has 0 atom stereocenters. The van der Waals surface area contributed by atoms with Crippen molar-refractivity contribution in [2.75, 3.05) is 33.2 Å². The molecule has 0 unspecified atom stereocenters. The van der Waals surface area contributed by atoms with E-state index in [1.165, 1.54) is 18.7 Å². The summed E-state index contributed by atoms with van der Waals surface area (Å²) in [6.45, 7) is 6.83. The van der Waals surface area contributed by atoms with E-state index in [1.807, 2.05) is 18.2 Å². The lowest BCUT2D eigenvalue weighted by Gasteiger charge is -2.21. The molecule has 0 bridgehead atoms. The number of benzene rings is 1. The Kier molecular flexibility index (Phi) is 5.27. The maximum atomic E-state index is 3.27. The minimum absolute atomic E-state index is 1.16. The van der Waals surface area contributed by atoms with Crippen molar-refractivity contribution in [2.24, 2.45) is 0 Å². The van der Waals surface area contributed by atoms with Crippen molar-refractivity contribution in [2.45, 2.75) is 6.92 Å². The fraction of sp³-hybridized carbons (Fsp3) is 0.500. The number of hydrogen-bond acceptors (Lipinski definition) is 2. The Bertz CT molecular complexity index is 227. The minimum Gasteiger partial charge on any atom is -0.314 e. The van der Waals surface area contributed by atoms with E-state index in [9.17, 15) is 0 Å². The predicted octanol–water partition coefficient (Wildman–Crippen LogP) is 1.52. The molecule has 1 aliphatic rings. The Morgan fingerprint density at radius 1 is 1.07 bits per heavy atom. The number of aryl methyl sites for hydroxylation is 1. The van der Waals surface area contributed by atoms with Gasteiger partial charge in [0.2, 0.25) is 0 Å². The molecule has 2 rings (SSSR count). The summed E-state index contributed by atoms with van der Waals surface area (Å²) in [5, 5.41) is 3.27. The van der Waals surface area contributed by atoms with Gasteiger partial charge in [-0.2, -0.15) is 0 Å². The van der Waals surface area contributed by atoms with Crippen LogP contribution in [0.5, 0.6) is 0 Å². The molecule has 1 aliphatic heterocycles. The topological polar surface area (TPSA) is 15.3 Å². The summed E-state index contributed by atoms with van der Waals surface area (Å²) in [5.41, 5.74) is 1.32. The lowest BCUT2D eigenvalue weighted by Crippen LogP contribution is -2.40. The molecular weight excluding hydrogens is 172 g/mol. The van der Waals surface area contributed by atoms with Gasteiger partial charge in [-0.05, 0) is 14.0 Å². The third-order valence-electron chi connectivity index (χ3n) is 2.28. The first-order chi connectivity index (χ1) is 6.79. The Morgan fingerprint density at radius 3 is 1.93 bits per heavy atom. The van der Waals surface area contributed by atoms with Crippen LogP contribution in [-0.4, -0.2) is 38.1 Å². The smallest absolute Gasteiger partial charge is 0.0104 e. The average molecular weight is 192 g/mol. The van der Waals surface area contributed by atoms with Gasteiger partial charge in [0.05, 0.1) is 0 Å². The molecule has 0 saturated carbocycles. The Morgan fingerprint density at radius 2 is 1.64 bits per heavy atom. The molecular formula is C12H20N2. The summed E-state index contributed by atoms with van der Waals surface area (Å²) < 4.78 is 0. The van der Waals surface area contributed by atoms with Gasteiger partial charge in [-0.3, -0.25) is 0 Å². The number of piperazine rings is 1. The van der Waals surface area contributed by atoms with E-state index in [4.69, 9.17) is 0 Å². The number of likely N-dealkylation sites (N-methyl/N-ethyl adjacent to an activating group) is 1. The molecule has 1 aromatic carbocycles. The van der Waals surface area contributed by atoms with Gasteiger partial charge >= 0.3 is 0 Å². The van der Waals surface area contributed by atoms with Crippen molar-refractivity contribution in [3.05, 3.63) is 35.9 Å². The van der Waals surface area contributed by atoms with Gasteiger partial charge in [0.1, 0.15) is 0 Å². The quantitative estimate of drug-likeness (QED) is 0.670. The molecule has 2 nitrogen and oxygen atoms in total. The molecule has 1 saturated heterocycles. The van der Waals surface area contributed by atoms with Crippen molar-refractivity contribution in [1.29, 1.82) is 0 Å². The highest BCUT2D eigenvalue weighted by Crippen LogP contribution is 1.92. The molecule has 0 radical (unpaired) electrons. The van der Waals surface area contributed by atoms with E-state index in [0.29, 0.717) is 0 Å². The monoisotopic (exact) mass is 192 g/mol. The summed E-state index contributed by atoms with van der Waals surface area (Å²) in [6, 6.07) is 10.3. The van der Waals surface area contributed by atoms with Crippen molar-refractivity contribution in [1.82, 2.24) is 10.2 Å². The first-order valence-corrected chi connectivity index (χ1v) is 5.20. The van der Waals surface area contributed by atoms with Gasteiger partial charge in [0, 0.05) is 26.2 Å². The molecule has 1 fully saturated rings. The fourth-order valence-electron chi connectivity index (χ4n) is 1.31. The van der Waals surface area contributed by atoms with Crippen molar-refractivity contribution < 1.29 is 0 Å². The van der Waals surface area contributed by atoms with Gasteiger partial charge in [0.25, 0.3) is 0 Å². The van der Waals surface area contributed by atoms with Gasteiger partial charge in [-0.1, -0.05) is 35.9 Å². The largest absolute Gasteiger partial charge is 0.314 e. The predicted molar refractivity (Wildman–Crippen MR) is 61.5 cm³/mol. The third kappa shape index (κ3) is 5.00. The van der Waals surface area contributed by atoms with E-state index in [2.05, 4.69) is 36.3 Å². The molecule has 0 aromatic heterocycles. The second-order valence-electron chi connectivity index (χ2n) is 3.71. The molecule has 0 spiro atoms. The van der Waals surface area contributed by atoms with Crippen LogP contribution in [-0.2, 0) is 0 Å². The average Bonchev–Trinajstić information content (AvgIpc) is 2.21. The van der Waals surface area contributed by atoms with Gasteiger partial charge in [-0.25, -0.2) is 0 Å². The maximum Gasteiger partial charge on any atom is 0.0104 e. The van der Waals surface area contributed by atoms with E-state index < -0.39 is 0 Å². The van der Waals surface area contributed by atoms with Crippen LogP contribution in [0.3, 0.4) is 0 Å². The first kappa shape index (κ1) is 11.2. The van der Waals surface area contributed by atoms with Crippen LogP contribution < -0.4 is 5.32 Å². The zero-order valence-electron chi connectivity index (χ0n) is 9.16. The lowest BCUT2D eigenvalue weighted by atomic mass is 10.2.